The lowest BCUT2D eigenvalue weighted by Crippen LogP contribution is -2.30. The van der Waals surface area contributed by atoms with Crippen LogP contribution in [0.1, 0.15) is 400 Å². The molecule has 0 aliphatic rings. The molecule has 0 spiro atoms. The summed E-state index contributed by atoms with van der Waals surface area (Å²) in [6, 6.07) is 0. The molecular weight excluding hydrogens is 961 g/mol. The number of esters is 3. The van der Waals surface area contributed by atoms with Crippen LogP contribution in [-0.2, 0) is 28.6 Å². The van der Waals surface area contributed by atoms with Crippen molar-refractivity contribution < 1.29 is 28.6 Å². The van der Waals surface area contributed by atoms with Crippen molar-refractivity contribution in [2.45, 2.75) is 406 Å². The van der Waals surface area contributed by atoms with Gasteiger partial charge in [0, 0.05) is 19.3 Å². The van der Waals surface area contributed by atoms with E-state index in [1.54, 1.807) is 0 Å². The maximum atomic E-state index is 12.9. The van der Waals surface area contributed by atoms with E-state index >= 15 is 0 Å². The third-order valence-corrected chi connectivity index (χ3v) is 16.2. The van der Waals surface area contributed by atoms with Gasteiger partial charge in [0.25, 0.3) is 0 Å². The van der Waals surface area contributed by atoms with Crippen LogP contribution >= 0.6 is 0 Å². The topological polar surface area (TPSA) is 78.9 Å². The predicted molar refractivity (Wildman–Crippen MR) is 340 cm³/mol. The summed E-state index contributed by atoms with van der Waals surface area (Å²) in [7, 11) is 0. The Labute approximate surface area is 487 Å². The summed E-state index contributed by atoms with van der Waals surface area (Å²) in [5.74, 6) is -0.833. The molecule has 0 N–H and O–H groups in total. The van der Waals surface area contributed by atoms with Gasteiger partial charge in [-0.25, -0.2) is 0 Å². The van der Waals surface area contributed by atoms with Crippen LogP contribution in [0.25, 0.3) is 0 Å². The highest BCUT2D eigenvalue weighted by atomic mass is 16.6. The molecule has 0 aliphatic heterocycles. The molecule has 0 rings (SSSR count). The van der Waals surface area contributed by atoms with Gasteiger partial charge in [-0.3, -0.25) is 14.4 Å². The fourth-order valence-electron chi connectivity index (χ4n) is 10.9. The zero-order valence-electron chi connectivity index (χ0n) is 53.0. The number of rotatable bonds is 66. The normalized spacial score (nSPS) is 12.1. The van der Waals surface area contributed by atoms with Crippen molar-refractivity contribution in [3.05, 3.63) is 24.3 Å². The van der Waals surface area contributed by atoms with Crippen LogP contribution < -0.4 is 0 Å². The molecule has 1 atom stereocenters. The van der Waals surface area contributed by atoms with Crippen LogP contribution in [-0.4, -0.2) is 37.2 Å². The first-order valence-electron chi connectivity index (χ1n) is 35.3. The maximum Gasteiger partial charge on any atom is 0.306 e. The lowest BCUT2D eigenvalue weighted by Gasteiger charge is -2.18. The molecule has 6 nitrogen and oxygen atoms in total. The summed E-state index contributed by atoms with van der Waals surface area (Å²) < 4.78 is 16.9. The lowest BCUT2D eigenvalue weighted by atomic mass is 10.0. The van der Waals surface area contributed by atoms with Gasteiger partial charge in [0.05, 0.1) is 0 Å². The Morgan fingerprint density at radius 3 is 0.705 bits per heavy atom. The summed E-state index contributed by atoms with van der Waals surface area (Å²) in [6.07, 6.45) is 82.3. The SMILES string of the molecule is CCCCCCC/C=C\C/C=C\CCCCCCCCCCCCCCCCCCCCCCCCCC(=O)OCC(COC(=O)CCCCCCCCCCCCC)OC(=O)CCCCCCCCCCCCCCCC. The van der Waals surface area contributed by atoms with E-state index in [0.29, 0.717) is 19.3 Å². The van der Waals surface area contributed by atoms with E-state index < -0.39 is 6.10 Å². The highest BCUT2D eigenvalue weighted by Gasteiger charge is 2.19. The first-order chi connectivity index (χ1) is 38.5. The fourth-order valence-corrected chi connectivity index (χ4v) is 10.9. The largest absolute Gasteiger partial charge is 0.462 e. The average molecular weight is 1100 g/mol. The van der Waals surface area contributed by atoms with Crippen LogP contribution in [0, 0.1) is 0 Å². The summed E-state index contributed by atoms with van der Waals surface area (Å²) in [4.78, 5) is 38.2. The van der Waals surface area contributed by atoms with Gasteiger partial charge in [-0.1, -0.05) is 353 Å². The Balaban J connectivity index is 3.98. The molecule has 0 amide bonds. The van der Waals surface area contributed by atoms with Gasteiger partial charge in [0.1, 0.15) is 13.2 Å². The van der Waals surface area contributed by atoms with Crippen molar-refractivity contribution in [1.82, 2.24) is 0 Å². The Bertz CT molecular complexity index is 1260. The van der Waals surface area contributed by atoms with Crippen LogP contribution in [0.3, 0.4) is 0 Å². The zero-order chi connectivity index (χ0) is 56.4. The van der Waals surface area contributed by atoms with Gasteiger partial charge >= 0.3 is 17.9 Å². The van der Waals surface area contributed by atoms with Gasteiger partial charge in [0.2, 0.25) is 0 Å². The number of hydrogen-bond acceptors (Lipinski definition) is 6. The van der Waals surface area contributed by atoms with Crippen molar-refractivity contribution in [3.63, 3.8) is 0 Å². The molecule has 0 radical (unpaired) electrons. The highest BCUT2D eigenvalue weighted by molar-refractivity contribution is 5.71. The summed E-state index contributed by atoms with van der Waals surface area (Å²) in [5, 5.41) is 0. The van der Waals surface area contributed by atoms with Crippen LogP contribution in [0.4, 0.5) is 0 Å². The Morgan fingerprint density at radius 2 is 0.462 bits per heavy atom. The monoisotopic (exact) mass is 1100 g/mol. The number of allylic oxidation sites excluding steroid dienone is 4. The Morgan fingerprint density at radius 1 is 0.256 bits per heavy atom. The standard InChI is InChI=1S/C72H136O6/c1-4-7-10-13-16-19-22-24-26-27-28-29-30-31-32-33-34-35-36-37-38-39-40-41-42-43-44-45-46-48-50-53-56-59-62-65-71(74)77-68-69(67-76-70(73)64-61-58-55-52-49-21-18-15-12-9-6-3)78-72(75)66-63-60-57-54-51-47-25-23-20-17-14-11-8-5-2/h22,24,27-28,69H,4-21,23,25-26,29-68H2,1-3H3/b24-22-,28-27-. The minimum absolute atomic E-state index is 0.0629. The van der Waals surface area contributed by atoms with Gasteiger partial charge in [-0.15, -0.1) is 0 Å². The molecule has 460 valence electrons. The van der Waals surface area contributed by atoms with Crippen LogP contribution in [0.2, 0.25) is 0 Å². The van der Waals surface area contributed by atoms with Crippen molar-refractivity contribution in [2.75, 3.05) is 13.2 Å². The third-order valence-electron chi connectivity index (χ3n) is 16.2. The van der Waals surface area contributed by atoms with Crippen LogP contribution in [0.15, 0.2) is 24.3 Å². The van der Waals surface area contributed by atoms with Crippen molar-refractivity contribution in [3.8, 4) is 0 Å². The van der Waals surface area contributed by atoms with Crippen LogP contribution in [0.5, 0.6) is 0 Å². The van der Waals surface area contributed by atoms with E-state index in [-0.39, 0.29) is 31.1 Å². The van der Waals surface area contributed by atoms with E-state index in [1.807, 2.05) is 0 Å². The van der Waals surface area contributed by atoms with E-state index in [2.05, 4.69) is 45.1 Å². The summed E-state index contributed by atoms with van der Waals surface area (Å²) in [6.45, 7) is 6.69. The second kappa shape index (κ2) is 67.4. The van der Waals surface area contributed by atoms with E-state index in [4.69, 9.17) is 14.2 Å². The summed E-state index contributed by atoms with van der Waals surface area (Å²) >= 11 is 0. The molecule has 0 aromatic carbocycles. The first-order valence-corrected chi connectivity index (χ1v) is 35.3. The van der Waals surface area contributed by atoms with E-state index in [9.17, 15) is 14.4 Å². The molecule has 0 aliphatic carbocycles. The first kappa shape index (κ1) is 75.9. The minimum atomic E-state index is -0.764. The Hall–Kier alpha value is -2.11. The van der Waals surface area contributed by atoms with Gasteiger partial charge in [0.15, 0.2) is 6.10 Å². The fraction of sp³-hybridized carbons (Fsp3) is 0.903. The van der Waals surface area contributed by atoms with Crippen molar-refractivity contribution in [1.29, 1.82) is 0 Å². The van der Waals surface area contributed by atoms with Crippen molar-refractivity contribution in [2.24, 2.45) is 0 Å². The Kier molecular flexibility index (Phi) is 65.6. The molecule has 6 heteroatoms. The number of hydrogen-bond donors (Lipinski definition) is 0. The number of ether oxygens (including phenoxy) is 3. The number of unbranched alkanes of at least 4 members (excludes halogenated alkanes) is 51. The average Bonchev–Trinajstić information content (AvgIpc) is 3.44. The molecule has 78 heavy (non-hydrogen) atoms. The van der Waals surface area contributed by atoms with E-state index in [0.717, 1.165) is 64.2 Å². The number of carbonyl (C=O) groups is 3. The predicted octanol–water partition coefficient (Wildman–Crippen LogP) is 24.2. The van der Waals surface area contributed by atoms with Gasteiger partial charge < -0.3 is 14.2 Å². The van der Waals surface area contributed by atoms with Gasteiger partial charge in [-0.05, 0) is 51.4 Å². The zero-order valence-corrected chi connectivity index (χ0v) is 53.0. The van der Waals surface area contributed by atoms with Gasteiger partial charge in [-0.2, -0.15) is 0 Å². The smallest absolute Gasteiger partial charge is 0.306 e. The second-order valence-electron chi connectivity index (χ2n) is 24.2. The van der Waals surface area contributed by atoms with E-state index in [1.165, 1.54) is 295 Å². The second-order valence-corrected chi connectivity index (χ2v) is 24.2. The van der Waals surface area contributed by atoms with Crippen molar-refractivity contribution >= 4 is 17.9 Å². The highest BCUT2D eigenvalue weighted by Crippen LogP contribution is 2.19. The summed E-state index contributed by atoms with van der Waals surface area (Å²) in [5.41, 5.74) is 0. The molecular formula is C72H136O6. The molecule has 0 bridgehead atoms. The molecule has 0 aromatic heterocycles. The molecule has 0 heterocycles. The molecule has 0 saturated heterocycles. The number of carbonyl (C=O) groups excluding carboxylic acids is 3. The maximum absolute atomic E-state index is 12.9. The molecule has 0 aromatic rings. The molecule has 0 saturated carbocycles. The quantitative estimate of drug-likeness (QED) is 0.0261. The lowest BCUT2D eigenvalue weighted by molar-refractivity contribution is -0.167. The minimum Gasteiger partial charge on any atom is -0.462 e. The molecule has 1 unspecified atom stereocenters. The molecule has 0 fully saturated rings. The third kappa shape index (κ3) is 64.7.